The first-order chi connectivity index (χ1) is 17.1. The summed E-state index contributed by atoms with van der Waals surface area (Å²) in [5, 5.41) is 4.45. The predicted octanol–water partition coefficient (Wildman–Crippen LogP) is 6.30. The van der Waals surface area contributed by atoms with Gasteiger partial charge in [-0.15, -0.1) is 0 Å². The summed E-state index contributed by atoms with van der Waals surface area (Å²) in [6, 6.07) is 8.08. The normalized spacial score (nSPS) is 20.2. The van der Waals surface area contributed by atoms with Crippen molar-refractivity contribution in [2.24, 2.45) is 0 Å². The molecule has 1 aliphatic heterocycles. The van der Waals surface area contributed by atoms with Crippen molar-refractivity contribution in [1.82, 2.24) is 14.7 Å². The van der Waals surface area contributed by atoms with Crippen molar-refractivity contribution in [1.29, 1.82) is 0 Å². The lowest BCUT2D eigenvalue weighted by Gasteiger charge is -2.27. The standard InChI is InChI=1S/C25H19ClF3N3O3S/c26-17-7-6-15(18(11-17)25(27,28)29)13-31-19-8-5-14(9-16(19)12-30-31)10-22-23(34)32(24(35)36-22)20-3-1-2-4-21(20)33/h5-12,20H,1-4,13H2/b22-10-. The fourth-order valence-electron chi connectivity index (χ4n) is 4.57. The molecule has 0 N–H and O–H groups in total. The second kappa shape index (κ2) is 9.40. The van der Waals surface area contributed by atoms with Crippen LogP contribution in [-0.4, -0.2) is 37.7 Å². The molecule has 0 bridgehead atoms. The highest BCUT2D eigenvalue weighted by molar-refractivity contribution is 8.18. The van der Waals surface area contributed by atoms with Gasteiger partial charge < -0.3 is 0 Å². The highest BCUT2D eigenvalue weighted by Gasteiger charge is 2.43. The molecule has 0 spiro atoms. The number of carbonyl (C=O) groups is 3. The second-order valence-electron chi connectivity index (χ2n) is 8.70. The third-order valence-electron chi connectivity index (χ3n) is 6.32. The molecular weight excluding hydrogens is 515 g/mol. The SMILES string of the molecule is O=C1CCCCC1N1C(=O)S/C(=C\c2ccc3c(cnn3Cc3ccc(Cl)cc3C(F)(F)F)c2)C1=O. The van der Waals surface area contributed by atoms with Crippen molar-refractivity contribution in [3.05, 3.63) is 69.2 Å². The molecule has 2 fully saturated rings. The minimum atomic E-state index is -4.55. The van der Waals surface area contributed by atoms with Gasteiger partial charge in [0.05, 0.1) is 34.8 Å². The first-order valence-electron chi connectivity index (χ1n) is 11.2. The van der Waals surface area contributed by atoms with Gasteiger partial charge in [-0.25, -0.2) is 0 Å². The number of aromatic nitrogens is 2. The molecule has 3 aromatic rings. The van der Waals surface area contributed by atoms with E-state index >= 15 is 0 Å². The zero-order valence-electron chi connectivity index (χ0n) is 18.7. The molecule has 2 aromatic carbocycles. The number of halogens is 4. The highest BCUT2D eigenvalue weighted by atomic mass is 35.5. The summed E-state index contributed by atoms with van der Waals surface area (Å²) < 4.78 is 41.9. The number of benzene rings is 2. The molecule has 2 aliphatic rings. The van der Waals surface area contributed by atoms with Crippen LogP contribution < -0.4 is 0 Å². The predicted molar refractivity (Wildman–Crippen MR) is 130 cm³/mol. The Balaban J connectivity index is 1.40. The van der Waals surface area contributed by atoms with E-state index in [1.54, 1.807) is 24.3 Å². The fourth-order valence-corrected chi connectivity index (χ4v) is 5.62. The number of imide groups is 1. The van der Waals surface area contributed by atoms with Gasteiger partial charge in [-0.1, -0.05) is 30.2 Å². The Bertz CT molecular complexity index is 1430. The van der Waals surface area contributed by atoms with Crippen LogP contribution in [-0.2, 0) is 22.3 Å². The molecule has 1 aromatic heterocycles. The van der Waals surface area contributed by atoms with Crippen LogP contribution in [0.1, 0.15) is 42.4 Å². The summed E-state index contributed by atoms with van der Waals surface area (Å²) in [6.45, 7) is -0.108. The Morgan fingerprint density at radius 1 is 1.11 bits per heavy atom. The summed E-state index contributed by atoms with van der Waals surface area (Å²) in [5.74, 6) is -0.573. The first-order valence-corrected chi connectivity index (χ1v) is 12.4. The molecule has 6 nitrogen and oxygen atoms in total. The van der Waals surface area contributed by atoms with Gasteiger partial charge in [-0.3, -0.25) is 24.0 Å². The molecule has 5 rings (SSSR count). The molecule has 0 radical (unpaired) electrons. The van der Waals surface area contributed by atoms with Crippen LogP contribution in [0.4, 0.5) is 18.0 Å². The number of alkyl halides is 3. The maximum Gasteiger partial charge on any atom is 0.416 e. The average Bonchev–Trinajstić information content (AvgIpc) is 3.34. The zero-order valence-corrected chi connectivity index (χ0v) is 20.3. The van der Waals surface area contributed by atoms with Gasteiger partial charge in [0, 0.05) is 16.8 Å². The number of carbonyl (C=O) groups excluding carboxylic acids is 3. The summed E-state index contributed by atoms with van der Waals surface area (Å²) in [5.41, 5.74) is 0.454. The van der Waals surface area contributed by atoms with Crippen LogP contribution in [0.5, 0.6) is 0 Å². The van der Waals surface area contributed by atoms with E-state index in [4.69, 9.17) is 11.6 Å². The van der Waals surface area contributed by atoms with Crippen molar-refractivity contribution in [3.63, 3.8) is 0 Å². The lowest BCUT2D eigenvalue weighted by molar-refractivity contribution is -0.138. The van der Waals surface area contributed by atoms with Crippen LogP contribution in [0.15, 0.2) is 47.5 Å². The molecule has 36 heavy (non-hydrogen) atoms. The third-order valence-corrected chi connectivity index (χ3v) is 7.44. The van der Waals surface area contributed by atoms with Crippen molar-refractivity contribution < 1.29 is 27.6 Å². The zero-order chi connectivity index (χ0) is 25.6. The Labute approximate surface area is 213 Å². The van der Waals surface area contributed by atoms with Gasteiger partial charge in [0.25, 0.3) is 11.1 Å². The number of hydrogen-bond donors (Lipinski definition) is 0. The van der Waals surface area contributed by atoms with Crippen molar-refractivity contribution >= 4 is 57.3 Å². The summed E-state index contributed by atoms with van der Waals surface area (Å²) in [6.07, 6.45) is 0.967. The van der Waals surface area contributed by atoms with Crippen LogP contribution in [0, 0.1) is 0 Å². The van der Waals surface area contributed by atoms with E-state index in [-0.39, 0.29) is 27.8 Å². The molecule has 2 amide bonds. The van der Waals surface area contributed by atoms with E-state index in [2.05, 4.69) is 5.10 Å². The summed E-state index contributed by atoms with van der Waals surface area (Å²) >= 11 is 6.57. The maximum absolute atomic E-state index is 13.5. The van der Waals surface area contributed by atoms with Gasteiger partial charge in [-0.05, 0) is 66.1 Å². The quantitative estimate of drug-likeness (QED) is 0.368. The molecule has 1 saturated heterocycles. The topological polar surface area (TPSA) is 72.3 Å². The average molecular weight is 534 g/mol. The van der Waals surface area contributed by atoms with Crippen molar-refractivity contribution in [2.75, 3.05) is 0 Å². The van der Waals surface area contributed by atoms with Crippen molar-refractivity contribution in [2.45, 2.75) is 44.4 Å². The lowest BCUT2D eigenvalue weighted by Crippen LogP contribution is -2.45. The van der Waals surface area contributed by atoms with E-state index in [9.17, 15) is 27.6 Å². The Hall–Kier alpha value is -3.11. The fraction of sp³-hybridized carbons (Fsp3) is 0.280. The number of ketones is 1. The van der Waals surface area contributed by atoms with Crippen molar-refractivity contribution in [3.8, 4) is 0 Å². The number of thioether (sulfide) groups is 1. The monoisotopic (exact) mass is 533 g/mol. The van der Waals surface area contributed by atoms with Crippen LogP contribution in [0.3, 0.4) is 0 Å². The van der Waals surface area contributed by atoms with Crippen LogP contribution in [0.25, 0.3) is 17.0 Å². The minimum absolute atomic E-state index is 0.00157. The van der Waals surface area contributed by atoms with E-state index < -0.39 is 28.9 Å². The molecule has 1 saturated carbocycles. The van der Waals surface area contributed by atoms with Gasteiger partial charge in [0.15, 0.2) is 5.78 Å². The van der Waals surface area contributed by atoms with E-state index in [0.717, 1.165) is 35.6 Å². The van der Waals surface area contributed by atoms with Crippen LogP contribution >= 0.6 is 23.4 Å². The number of amides is 2. The third kappa shape index (κ3) is 4.67. The maximum atomic E-state index is 13.5. The lowest BCUT2D eigenvalue weighted by atomic mass is 9.93. The molecule has 11 heteroatoms. The van der Waals surface area contributed by atoms with Gasteiger partial charge in [-0.2, -0.15) is 18.3 Å². The number of fused-ring (bicyclic) bond motifs is 1. The number of rotatable bonds is 4. The minimum Gasteiger partial charge on any atom is -0.297 e. The largest absolute Gasteiger partial charge is 0.416 e. The number of nitrogens with zero attached hydrogens (tertiary/aromatic N) is 3. The molecule has 1 unspecified atom stereocenters. The van der Waals surface area contributed by atoms with Crippen LogP contribution in [0.2, 0.25) is 5.02 Å². The highest BCUT2D eigenvalue weighted by Crippen LogP contribution is 2.37. The van der Waals surface area contributed by atoms with E-state index in [1.807, 2.05) is 0 Å². The van der Waals surface area contributed by atoms with E-state index in [0.29, 0.717) is 29.3 Å². The molecule has 186 valence electrons. The van der Waals surface area contributed by atoms with Gasteiger partial charge in [0.2, 0.25) is 0 Å². The summed E-state index contributed by atoms with van der Waals surface area (Å²) in [4.78, 5) is 39.0. The van der Waals surface area contributed by atoms with E-state index in [1.165, 1.54) is 23.0 Å². The Morgan fingerprint density at radius 2 is 1.92 bits per heavy atom. The van der Waals surface area contributed by atoms with Gasteiger partial charge in [0.1, 0.15) is 0 Å². The molecule has 2 heterocycles. The number of hydrogen-bond acceptors (Lipinski definition) is 5. The molecule has 1 atom stereocenters. The van der Waals surface area contributed by atoms with Gasteiger partial charge >= 0.3 is 6.18 Å². The second-order valence-corrected chi connectivity index (χ2v) is 10.1. The first kappa shape index (κ1) is 24.6. The Kier molecular flexibility index (Phi) is 6.42. The molecular formula is C25H19ClF3N3O3S. The number of Topliss-reactive ketones (excluding diaryl/α,β-unsaturated/α-hetero) is 1. The Morgan fingerprint density at radius 3 is 2.67 bits per heavy atom. The molecule has 1 aliphatic carbocycles. The summed E-state index contributed by atoms with van der Waals surface area (Å²) in [7, 11) is 0. The smallest absolute Gasteiger partial charge is 0.297 e.